The lowest BCUT2D eigenvalue weighted by molar-refractivity contribution is -0.120. The molecule has 6 heteroatoms. The number of hydrogen-bond acceptors (Lipinski definition) is 4. The van der Waals surface area contributed by atoms with Gasteiger partial charge in [0.2, 0.25) is 5.91 Å². The first-order chi connectivity index (χ1) is 14.1. The van der Waals surface area contributed by atoms with Crippen LogP contribution in [0.2, 0.25) is 0 Å². The molecule has 29 heavy (non-hydrogen) atoms. The molecular formula is C23H32N4OS. The molecule has 0 aliphatic heterocycles. The molecule has 1 atom stereocenters. The molecule has 0 fully saturated rings. The highest BCUT2D eigenvalue weighted by Gasteiger charge is 2.20. The quantitative estimate of drug-likeness (QED) is 0.457. The van der Waals surface area contributed by atoms with E-state index in [2.05, 4.69) is 58.2 Å². The Hall–Kier alpha value is -2.08. The normalized spacial score (nSPS) is 15.1. The van der Waals surface area contributed by atoms with E-state index < -0.39 is 0 Å². The summed E-state index contributed by atoms with van der Waals surface area (Å²) >= 11 is 1.49. The highest BCUT2D eigenvalue weighted by Crippen LogP contribution is 2.27. The molecule has 1 amide bonds. The maximum Gasteiger partial charge on any atom is 0.233 e. The summed E-state index contributed by atoms with van der Waals surface area (Å²) in [6.07, 6.45) is 9.24. The lowest BCUT2D eigenvalue weighted by Crippen LogP contribution is -2.32. The van der Waals surface area contributed by atoms with Crippen molar-refractivity contribution >= 4 is 17.7 Å². The molecule has 1 aromatic heterocycles. The maximum atomic E-state index is 12.6. The molecule has 0 bridgehead atoms. The van der Waals surface area contributed by atoms with E-state index in [9.17, 15) is 4.79 Å². The van der Waals surface area contributed by atoms with Crippen LogP contribution in [0, 0.1) is 6.92 Å². The molecule has 1 aromatic carbocycles. The Bertz CT molecular complexity index is 858. The summed E-state index contributed by atoms with van der Waals surface area (Å²) in [5, 5.41) is 12.5. The average Bonchev–Trinajstić information content (AvgIpc) is 3.11. The van der Waals surface area contributed by atoms with E-state index in [0.29, 0.717) is 6.54 Å². The van der Waals surface area contributed by atoms with E-state index in [4.69, 9.17) is 0 Å². The molecule has 0 radical (unpaired) electrons. The smallest absolute Gasteiger partial charge is 0.233 e. The Balaban J connectivity index is 1.62. The van der Waals surface area contributed by atoms with E-state index in [1.165, 1.54) is 48.6 Å². The van der Waals surface area contributed by atoms with Crippen molar-refractivity contribution < 1.29 is 4.79 Å². The van der Waals surface area contributed by atoms with Crippen molar-refractivity contribution in [1.82, 2.24) is 20.1 Å². The van der Waals surface area contributed by atoms with Crippen molar-refractivity contribution in [1.29, 1.82) is 0 Å². The number of amides is 1. The Morgan fingerprint density at radius 3 is 2.90 bits per heavy atom. The van der Waals surface area contributed by atoms with Crippen LogP contribution in [0.1, 0.15) is 57.9 Å². The zero-order valence-electron chi connectivity index (χ0n) is 17.8. The van der Waals surface area contributed by atoms with Crippen LogP contribution in [0.25, 0.3) is 11.4 Å². The lowest BCUT2D eigenvalue weighted by atomic mass is 9.97. The van der Waals surface area contributed by atoms with Crippen LogP contribution in [0.5, 0.6) is 0 Å². The van der Waals surface area contributed by atoms with Gasteiger partial charge in [-0.2, -0.15) is 0 Å². The van der Waals surface area contributed by atoms with Gasteiger partial charge in [-0.1, -0.05) is 54.1 Å². The van der Waals surface area contributed by atoms with Gasteiger partial charge >= 0.3 is 0 Å². The number of carbonyl (C=O) groups is 1. The van der Waals surface area contributed by atoms with Gasteiger partial charge < -0.3 is 9.88 Å². The fourth-order valence-electron chi connectivity index (χ4n) is 3.63. The second kappa shape index (κ2) is 10.6. The van der Waals surface area contributed by atoms with Crippen LogP contribution in [0.4, 0.5) is 0 Å². The van der Waals surface area contributed by atoms with Gasteiger partial charge in [0.15, 0.2) is 11.0 Å². The van der Waals surface area contributed by atoms with Crippen LogP contribution >= 0.6 is 11.8 Å². The maximum absolute atomic E-state index is 12.6. The lowest BCUT2D eigenvalue weighted by Gasteiger charge is -2.15. The number of carbonyl (C=O) groups excluding carboxylic acids is 1. The van der Waals surface area contributed by atoms with E-state index in [0.717, 1.165) is 35.9 Å². The zero-order chi connectivity index (χ0) is 20.6. The molecule has 1 unspecified atom stereocenters. The molecule has 1 aliphatic rings. The Kier molecular flexibility index (Phi) is 7.92. The molecule has 1 N–H and O–H groups in total. The molecule has 0 spiro atoms. The minimum atomic E-state index is -0.208. The SMILES string of the molecule is CCCn1c(SC(C)C(=O)NCCC2=CCCCC2)nnc1-c1cccc(C)c1. The van der Waals surface area contributed by atoms with Crippen molar-refractivity contribution in [2.45, 2.75) is 76.2 Å². The first kappa shape index (κ1) is 21.6. The second-order valence-electron chi connectivity index (χ2n) is 7.74. The number of hydrogen-bond donors (Lipinski definition) is 1. The molecule has 3 rings (SSSR count). The van der Waals surface area contributed by atoms with Gasteiger partial charge in [0, 0.05) is 18.7 Å². The second-order valence-corrected chi connectivity index (χ2v) is 9.04. The van der Waals surface area contributed by atoms with Gasteiger partial charge in [-0.3, -0.25) is 4.79 Å². The van der Waals surface area contributed by atoms with Crippen molar-refractivity contribution in [3.8, 4) is 11.4 Å². The topological polar surface area (TPSA) is 59.8 Å². The number of nitrogens with zero attached hydrogens (tertiary/aromatic N) is 3. The first-order valence-corrected chi connectivity index (χ1v) is 11.6. The number of aromatic nitrogens is 3. The average molecular weight is 413 g/mol. The predicted octanol–water partition coefficient (Wildman–Crippen LogP) is 5.15. The number of benzene rings is 1. The zero-order valence-corrected chi connectivity index (χ0v) is 18.6. The summed E-state index contributed by atoms with van der Waals surface area (Å²) in [4.78, 5) is 12.6. The standard InChI is InChI=1S/C23H32N4OS/c1-4-15-27-21(20-12-8-9-17(2)16-20)25-26-23(27)29-18(3)22(28)24-14-13-19-10-6-5-7-11-19/h8-10,12,16,18H,4-7,11,13-15H2,1-3H3,(H,24,28). The summed E-state index contributed by atoms with van der Waals surface area (Å²) in [7, 11) is 0. The fourth-order valence-corrected chi connectivity index (χ4v) is 4.53. The van der Waals surface area contributed by atoms with Gasteiger partial charge in [0.1, 0.15) is 0 Å². The van der Waals surface area contributed by atoms with Crippen molar-refractivity contribution in [3.05, 3.63) is 41.5 Å². The largest absolute Gasteiger partial charge is 0.355 e. The highest BCUT2D eigenvalue weighted by atomic mass is 32.2. The molecule has 1 aliphatic carbocycles. The molecule has 0 saturated heterocycles. The minimum absolute atomic E-state index is 0.0644. The summed E-state index contributed by atoms with van der Waals surface area (Å²) in [6.45, 7) is 7.71. The predicted molar refractivity (Wildman–Crippen MR) is 120 cm³/mol. The Morgan fingerprint density at radius 2 is 2.17 bits per heavy atom. The summed E-state index contributed by atoms with van der Waals surface area (Å²) in [5.74, 6) is 0.935. The van der Waals surface area contributed by atoms with Crippen LogP contribution in [0.15, 0.2) is 41.1 Å². The Morgan fingerprint density at radius 1 is 1.31 bits per heavy atom. The van der Waals surface area contributed by atoms with Crippen molar-refractivity contribution in [2.75, 3.05) is 6.54 Å². The number of thioether (sulfide) groups is 1. The Labute approximate surface area is 178 Å². The molecule has 156 valence electrons. The van der Waals surface area contributed by atoms with E-state index >= 15 is 0 Å². The van der Waals surface area contributed by atoms with E-state index in [1.54, 1.807) is 0 Å². The number of aryl methyl sites for hydroxylation is 1. The van der Waals surface area contributed by atoms with Gasteiger partial charge in [-0.25, -0.2) is 0 Å². The summed E-state index contributed by atoms with van der Waals surface area (Å²) in [6, 6.07) is 8.31. The highest BCUT2D eigenvalue weighted by molar-refractivity contribution is 8.00. The van der Waals surface area contributed by atoms with Gasteiger partial charge in [0.05, 0.1) is 5.25 Å². The third-order valence-electron chi connectivity index (χ3n) is 5.22. The van der Waals surface area contributed by atoms with Gasteiger partial charge in [0.25, 0.3) is 0 Å². The van der Waals surface area contributed by atoms with Gasteiger partial charge in [-0.15, -0.1) is 10.2 Å². The van der Waals surface area contributed by atoms with E-state index in [1.807, 2.05) is 13.0 Å². The molecule has 2 aromatic rings. The minimum Gasteiger partial charge on any atom is -0.355 e. The third kappa shape index (κ3) is 5.95. The molecule has 1 heterocycles. The number of rotatable bonds is 9. The van der Waals surface area contributed by atoms with Crippen LogP contribution in [-0.2, 0) is 11.3 Å². The molecular weight excluding hydrogens is 380 g/mol. The first-order valence-electron chi connectivity index (χ1n) is 10.7. The summed E-state index contributed by atoms with van der Waals surface area (Å²) < 4.78 is 2.13. The van der Waals surface area contributed by atoms with Crippen LogP contribution in [0.3, 0.4) is 0 Å². The summed E-state index contributed by atoms with van der Waals surface area (Å²) in [5.41, 5.74) is 3.75. The van der Waals surface area contributed by atoms with Crippen LogP contribution in [-0.4, -0.2) is 32.5 Å². The number of nitrogens with one attached hydrogen (secondary N) is 1. The monoisotopic (exact) mass is 412 g/mol. The van der Waals surface area contributed by atoms with Gasteiger partial charge in [-0.05, 0) is 58.4 Å². The van der Waals surface area contributed by atoms with Crippen molar-refractivity contribution in [3.63, 3.8) is 0 Å². The molecule has 5 nitrogen and oxygen atoms in total. The van der Waals surface area contributed by atoms with E-state index in [-0.39, 0.29) is 11.2 Å². The number of allylic oxidation sites excluding steroid dienone is 1. The third-order valence-corrected chi connectivity index (χ3v) is 6.30. The van der Waals surface area contributed by atoms with Crippen molar-refractivity contribution in [2.24, 2.45) is 0 Å². The fraction of sp³-hybridized carbons (Fsp3) is 0.522. The molecule has 0 saturated carbocycles. The van der Waals surface area contributed by atoms with Crippen LogP contribution < -0.4 is 5.32 Å².